The quantitative estimate of drug-likeness (QED) is 0.707. The molecule has 148 valence electrons. The van der Waals surface area contributed by atoms with Crippen LogP contribution < -0.4 is 15.0 Å². The molecule has 0 atom stereocenters. The van der Waals surface area contributed by atoms with E-state index in [1.54, 1.807) is 0 Å². The second-order valence-corrected chi connectivity index (χ2v) is 6.78. The molecule has 1 N–H and O–H groups in total. The van der Waals surface area contributed by atoms with Gasteiger partial charge in [0.25, 0.3) is 5.88 Å². The van der Waals surface area contributed by atoms with Crippen molar-refractivity contribution in [3.8, 4) is 17.1 Å². The molecular weight excluding hydrogens is 338 g/mol. The Morgan fingerprint density at radius 3 is 2.30 bits per heavy atom. The molecule has 0 aliphatic rings. The molecule has 6 heteroatoms. The number of aromatic nitrogens is 3. The summed E-state index contributed by atoms with van der Waals surface area (Å²) in [4.78, 5) is 16.3. The van der Waals surface area contributed by atoms with Crippen LogP contribution in [0.4, 0.5) is 11.6 Å². The van der Waals surface area contributed by atoms with E-state index in [1.807, 2.05) is 32.2 Å². The van der Waals surface area contributed by atoms with Gasteiger partial charge in [-0.3, -0.25) is 0 Å². The van der Waals surface area contributed by atoms with Gasteiger partial charge < -0.3 is 15.0 Å². The smallest absolute Gasteiger partial charge is 0.257 e. The number of anilines is 2. The molecular formula is C21H33N5O. The monoisotopic (exact) mass is 371 g/mol. The number of aryl methyl sites for hydroxylation is 2. The van der Waals surface area contributed by atoms with E-state index in [0.29, 0.717) is 11.7 Å². The number of pyridine rings is 1. The molecule has 0 unspecified atom stereocenters. The third-order valence-electron chi connectivity index (χ3n) is 4.77. The molecule has 2 rings (SSSR count). The van der Waals surface area contributed by atoms with Gasteiger partial charge >= 0.3 is 0 Å². The van der Waals surface area contributed by atoms with Crippen molar-refractivity contribution < 1.29 is 4.74 Å². The lowest BCUT2D eigenvalue weighted by Gasteiger charge is -2.20. The maximum absolute atomic E-state index is 6.12. The van der Waals surface area contributed by atoms with Gasteiger partial charge in [0.1, 0.15) is 11.9 Å². The van der Waals surface area contributed by atoms with Crippen LogP contribution in [0.3, 0.4) is 0 Å². The zero-order valence-electron chi connectivity index (χ0n) is 17.8. The van der Waals surface area contributed by atoms with Crippen LogP contribution in [0.15, 0.2) is 12.3 Å². The molecule has 0 saturated heterocycles. The standard InChI is InChI=1S/C21H33N5O/c1-8-14-12-18(26(6)7)23-13-16(14)19-17(11-4)24-21(20(22-5)25-19)27-15(9-2)10-3/h12-13,15H,8-11H2,1-7H3,(H,22,25). The average molecular weight is 372 g/mol. The maximum Gasteiger partial charge on any atom is 0.257 e. The zero-order chi connectivity index (χ0) is 20.0. The topological polar surface area (TPSA) is 63.2 Å². The van der Waals surface area contributed by atoms with Crippen LogP contribution in [0, 0.1) is 0 Å². The van der Waals surface area contributed by atoms with E-state index in [4.69, 9.17) is 14.7 Å². The summed E-state index contributed by atoms with van der Waals surface area (Å²) in [7, 11) is 5.86. The highest BCUT2D eigenvalue weighted by atomic mass is 16.5. The van der Waals surface area contributed by atoms with Crippen LogP contribution in [-0.4, -0.2) is 42.2 Å². The van der Waals surface area contributed by atoms with Gasteiger partial charge in [-0.2, -0.15) is 0 Å². The highest BCUT2D eigenvalue weighted by Crippen LogP contribution is 2.32. The first-order valence-electron chi connectivity index (χ1n) is 9.90. The van der Waals surface area contributed by atoms with Gasteiger partial charge in [-0.25, -0.2) is 15.0 Å². The molecule has 6 nitrogen and oxygen atoms in total. The highest BCUT2D eigenvalue weighted by molar-refractivity contribution is 5.69. The predicted molar refractivity (Wildman–Crippen MR) is 113 cm³/mol. The number of rotatable bonds is 9. The number of hydrogen-bond acceptors (Lipinski definition) is 6. The maximum atomic E-state index is 6.12. The Hall–Kier alpha value is -2.37. The molecule has 2 aromatic rings. The minimum atomic E-state index is 0.147. The summed E-state index contributed by atoms with van der Waals surface area (Å²) >= 11 is 0. The average Bonchev–Trinajstić information content (AvgIpc) is 2.70. The summed E-state index contributed by atoms with van der Waals surface area (Å²) in [6, 6.07) is 2.13. The molecule has 0 aromatic carbocycles. The Labute approximate surface area is 163 Å². The van der Waals surface area contributed by atoms with Crippen LogP contribution in [0.25, 0.3) is 11.3 Å². The number of ether oxygens (including phenoxy) is 1. The second kappa shape index (κ2) is 9.53. The van der Waals surface area contributed by atoms with Gasteiger partial charge in [0, 0.05) is 32.9 Å². The van der Waals surface area contributed by atoms with Gasteiger partial charge in [0.15, 0.2) is 5.82 Å². The SMILES string of the molecule is CCc1cc(N(C)C)ncc1-c1nc(NC)c(OC(CC)CC)nc1CC. The second-order valence-electron chi connectivity index (χ2n) is 6.78. The summed E-state index contributed by atoms with van der Waals surface area (Å²) < 4.78 is 6.12. The van der Waals surface area contributed by atoms with Gasteiger partial charge in [-0.1, -0.05) is 27.7 Å². The predicted octanol–water partition coefficient (Wildman–Crippen LogP) is 4.34. The molecule has 0 bridgehead atoms. The molecule has 0 radical (unpaired) electrons. The van der Waals surface area contributed by atoms with Crippen molar-refractivity contribution in [2.24, 2.45) is 0 Å². The van der Waals surface area contributed by atoms with Gasteiger partial charge in [-0.05, 0) is 37.3 Å². The zero-order valence-corrected chi connectivity index (χ0v) is 17.8. The Morgan fingerprint density at radius 1 is 1.07 bits per heavy atom. The molecule has 0 saturated carbocycles. The molecule has 0 spiro atoms. The molecule has 2 aromatic heterocycles. The fraction of sp³-hybridized carbons (Fsp3) is 0.571. The van der Waals surface area contributed by atoms with Crippen LogP contribution in [-0.2, 0) is 12.8 Å². The highest BCUT2D eigenvalue weighted by Gasteiger charge is 2.19. The van der Waals surface area contributed by atoms with Crippen molar-refractivity contribution in [1.82, 2.24) is 15.0 Å². The molecule has 0 aliphatic heterocycles. The molecule has 0 aliphatic carbocycles. The lowest BCUT2D eigenvalue weighted by molar-refractivity contribution is 0.185. The van der Waals surface area contributed by atoms with E-state index in [-0.39, 0.29) is 6.10 Å². The first kappa shape index (κ1) is 20.9. The minimum absolute atomic E-state index is 0.147. The van der Waals surface area contributed by atoms with Crippen molar-refractivity contribution in [2.45, 2.75) is 59.5 Å². The van der Waals surface area contributed by atoms with Gasteiger partial charge in [0.05, 0.1) is 11.4 Å². The van der Waals surface area contributed by atoms with E-state index in [9.17, 15) is 0 Å². The first-order chi connectivity index (χ1) is 13.0. The van der Waals surface area contributed by atoms with Crippen LogP contribution in [0.2, 0.25) is 0 Å². The largest absolute Gasteiger partial charge is 0.472 e. The fourth-order valence-corrected chi connectivity index (χ4v) is 3.01. The van der Waals surface area contributed by atoms with E-state index < -0.39 is 0 Å². The van der Waals surface area contributed by atoms with Crippen LogP contribution >= 0.6 is 0 Å². The normalized spacial score (nSPS) is 11.0. The third kappa shape index (κ3) is 4.67. The van der Waals surface area contributed by atoms with Crippen LogP contribution in [0.1, 0.15) is 51.8 Å². The Balaban J connectivity index is 2.57. The third-order valence-corrected chi connectivity index (χ3v) is 4.77. The van der Waals surface area contributed by atoms with Crippen molar-refractivity contribution in [1.29, 1.82) is 0 Å². The minimum Gasteiger partial charge on any atom is -0.472 e. The van der Waals surface area contributed by atoms with Crippen molar-refractivity contribution >= 4 is 11.6 Å². The molecule has 0 fully saturated rings. The number of nitrogens with one attached hydrogen (secondary N) is 1. The van der Waals surface area contributed by atoms with E-state index in [2.05, 4.69) is 44.1 Å². The van der Waals surface area contributed by atoms with Crippen molar-refractivity contribution in [2.75, 3.05) is 31.4 Å². The summed E-state index contributed by atoms with van der Waals surface area (Å²) in [6.07, 6.45) is 5.64. The lowest BCUT2D eigenvalue weighted by atomic mass is 10.0. The fourth-order valence-electron chi connectivity index (χ4n) is 3.01. The Kier molecular flexibility index (Phi) is 7.39. The summed E-state index contributed by atoms with van der Waals surface area (Å²) in [5.41, 5.74) is 4.07. The molecule has 2 heterocycles. The summed E-state index contributed by atoms with van der Waals surface area (Å²) in [5.74, 6) is 2.21. The van der Waals surface area contributed by atoms with Gasteiger partial charge in [0.2, 0.25) is 0 Å². The lowest BCUT2D eigenvalue weighted by Crippen LogP contribution is -2.17. The number of hydrogen-bond donors (Lipinski definition) is 1. The van der Waals surface area contributed by atoms with Crippen molar-refractivity contribution in [3.63, 3.8) is 0 Å². The Bertz CT molecular complexity index is 756. The molecule has 0 amide bonds. The Morgan fingerprint density at radius 2 is 1.78 bits per heavy atom. The first-order valence-corrected chi connectivity index (χ1v) is 9.90. The van der Waals surface area contributed by atoms with E-state index in [0.717, 1.165) is 48.5 Å². The van der Waals surface area contributed by atoms with Crippen LogP contribution in [0.5, 0.6) is 5.88 Å². The molecule has 27 heavy (non-hydrogen) atoms. The summed E-state index contributed by atoms with van der Waals surface area (Å²) in [5, 5.41) is 3.15. The van der Waals surface area contributed by atoms with E-state index >= 15 is 0 Å². The number of nitrogens with zero attached hydrogens (tertiary/aromatic N) is 4. The van der Waals surface area contributed by atoms with Crippen molar-refractivity contribution in [3.05, 3.63) is 23.5 Å². The van der Waals surface area contributed by atoms with E-state index in [1.165, 1.54) is 5.56 Å². The van der Waals surface area contributed by atoms with Gasteiger partial charge in [-0.15, -0.1) is 0 Å². The summed E-state index contributed by atoms with van der Waals surface area (Å²) in [6.45, 7) is 8.50.